The van der Waals surface area contributed by atoms with Crippen LogP contribution in [0.25, 0.3) is 10.9 Å². The molecule has 140 valence electrons. The molecular weight excluding hydrogens is 358 g/mol. The third-order valence-electron chi connectivity index (χ3n) is 5.27. The molecule has 4 nitrogen and oxygen atoms in total. The summed E-state index contributed by atoms with van der Waals surface area (Å²) in [6, 6.07) is 7.89. The number of benzene rings is 1. The van der Waals surface area contributed by atoms with Crippen LogP contribution >= 0.6 is 11.3 Å². The molecule has 1 aliphatic carbocycles. The Morgan fingerprint density at radius 2 is 2.04 bits per heavy atom. The van der Waals surface area contributed by atoms with Crippen molar-refractivity contribution in [3.63, 3.8) is 0 Å². The second-order valence-corrected chi connectivity index (χ2v) is 8.15. The van der Waals surface area contributed by atoms with Crippen molar-refractivity contribution in [1.29, 1.82) is 0 Å². The lowest BCUT2D eigenvalue weighted by Crippen LogP contribution is -2.13. The Bertz CT molecular complexity index is 975. The van der Waals surface area contributed by atoms with Crippen LogP contribution < -0.4 is 0 Å². The van der Waals surface area contributed by atoms with E-state index in [0.717, 1.165) is 30.2 Å². The van der Waals surface area contributed by atoms with Crippen molar-refractivity contribution in [1.82, 2.24) is 4.98 Å². The second kappa shape index (κ2) is 7.69. The van der Waals surface area contributed by atoms with Crippen LogP contribution in [0.15, 0.2) is 30.5 Å². The third kappa shape index (κ3) is 3.56. The lowest BCUT2D eigenvalue weighted by molar-refractivity contribution is 0.0480. The Balaban J connectivity index is 1.46. The second-order valence-electron chi connectivity index (χ2n) is 7.01. The normalized spacial score (nSPS) is 14.0. The average Bonchev–Trinajstić information content (AvgIpc) is 3.24. The van der Waals surface area contributed by atoms with E-state index in [1.165, 1.54) is 46.6 Å². The minimum absolute atomic E-state index is 0.180. The highest BCUT2D eigenvalue weighted by Crippen LogP contribution is 2.29. The largest absolute Gasteiger partial charge is 0.453 e. The number of aryl methyl sites for hydroxylation is 3. The summed E-state index contributed by atoms with van der Waals surface area (Å²) in [7, 11) is 0. The van der Waals surface area contributed by atoms with Gasteiger partial charge in [-0.2, -0.15) is 0 Å². The van der Waals surface area contributed by atoms with Crippen molar-refractivity contribution in [3.8, 4) is 0 Å². The van der Waals surface area contributed by atoms with Gasteiger partial charge in [0.2, 0.25) is 5.78 Å². The van der Waals surface area contributed by atoms with E-state index < -0.39 is 5.97 Å². The summed E-state index contributed by atoms with van der Waals surface area (Å²) in [6.07, 6.45) is 8.29. The molecule has 0 radical (unpaired) electrons. The number of hydrogen-bond acceptors (Lipinski definition) is 4. The SMILES string of the molecule is CCc1cccc2c(C(=O)COC(=O)c3cc4c(s3)CCCCC4)c[nH]c12. The molecule has 5 heteroatoms. The quantitative estimate of drug-likeness (QED) is 0.380. The Morgan fingerprint density at radius 3 is 2.89 bits per heavy atom. The summed E-state index contributed by atoms with van der Waals surface area (Å²) in [5.41, 5.74) is 4.01. The lowest BCUT2D eigenvalue weighted by atomic mass is 10.1. The highest BCUT2D eigenvalue weighted by Gasteiger charge is 2.20. The van der Waals surface area contributed by atoms with Gasteiger partial charge in [0.1, 0.15) is 4.88 Å². The van der Waals surface area contributed by atoms with Crippen LogP contribution in [-0.2, 0) is 24.0 Å². The van der Waals surface area contributed by atoms with Gasteiger partial charge in [-0.25, -0.2) is 4.79 Å². The highest BCUT2D eigenvalue weighted by molar-refractivity contribution is 7.14. The molecule has 3 aromatic rings. The predicted molar refractivity (Wildman–Crippen MR) is 108 cm³/mol. The van der Waals surface area contributed by atoms with Gasteiger partial charge in [0.15, 0.2) is 6.61 Å². The first kappa shape index (κ1) is 18.0. The van der Waals surface area contributed by atoms with Crippen molar-refractivity contribution >= 4 is 34.0 Å². The molecule has 2 aromatic heterocycles. The number of hydrogen-bond donors (Lipinski definition) is 1. The van der Waals surface area contributed by atoms with E-state index in [4.69, 9.17) is 4.74 Å². The molecule has 27 heavy (non-hydrogen) atoms. The summed E-state index contributed by atoms with van der Waals surface area (Å²) >= 11 is 1.52. The van der Waals surface area contributed by atoms with Crippen LogP contribution in [0.3, 0.4) is 0 Å². The van der Waals surface area contributed by atoms with E-state index in [1.807, 2.05) is 24.3 Å². The van der Waals surface area contributed by atoms with Gasteiger partial charge >= 0.3 is 5.97 Å². The molecule has 0 amide bonds. The molecule has 0 atom stereocenters. The Labute approximate surface area is 162 Å². The average molecular weight is 381 g/mol. The van der Waals surface area contributed by atoms with Gasteiger partial charge in [0, 0.05) is 27.5 Å². The molecule has 0 saturated carbocycles. The number of rotatable bonds is 5. The van der Waals surface area contributed by atoms with Gasteiger partial charge in [-0.3, -0.25) is 4.79 Å². The van der Waals surface area contributed by atoms with Gasteiger partial charge in [-0.15, -0.1) is 11.3 Å². The molecule has 0 bridgehead atoms. The summed E-state index contributed by atoms with van der Waals surface area (Å²) in [5.74, 6) is -0.573. The van der Waals surface area contributed by atoms with Crippen LogP contribution in [0, 0.1) is 0 Å². The zero-order valence-corrected chi connectivity index (χ0v) is 16.3. The minimum atomic E-state index is -0.393. The number of ether oxygens (including phenoxy) is 1. The van der Waals surface area contributed by atoms with Gasteiger partial charge in [-0.1, -0.05) is 31.5 Å². The maximum atomic E-state index is 12.6. The van der Waals surface area contributed by atoms with Gasteiger partial charge in [0.05, 0.1) is 0 Å². The highest BCUT2D eigenvalue weighted by atomic mass is 32.1. The molecule has 0 saturated heterocycles. The molecule has 1 aliphatic rings. The van der Waals surface area contributed by atoms with Crippen LogP contribution in [0.2, 0.25) is 0 Å². The smallest absolute Gasteiger partial charge is 0.348 e. The number of H-pyrrole nitrogens is 1. The van der Waals surface area contributed by atoms with Crippen LogP contribution in [-0.4, -0.2) is 23.3 Å². The van der Waals surface area contributed by atoms with Crippen LogP contribution in [0.5, 0.6) is 0 Å². The predicted octanol–water partition coefficient (Wildman–Crippen LogP) is 5.10. The van der Waals surface area contributed by atoms with Crippen molar-refractivity contribution in [2.75, 3.05) is 6.61 Å². The zero-order valence-electron chi connectivity index (χ0n) is 15.5. The minimum Gasteiger partial charge on any atom is -0.453 e. The van der Waals surface area contributed by atoms with Gasteiger partial charge < -0.3 is 9.72 Å². The van der Waals surface area contributed by atoms with E-state index in [2.05, 4.69) is 11.9 Å². The summed E-state index contributed by atoms with van der Waals surface area (Å²) in [4.78, 5) is 30.1. The fourth-order valence-electron chi connectivity index (χ4n) is 3.79. The number of thiophene rings is 1. The number of Topliss-reactive ketones (excluding diaryl/α,β-unsaturated/α-hetero) is 1. The topological polar surface area (TPSA) is 59.2 Å². The molecule has 1 aromatic carbocycles. The standard InChI is InChI=1S/C22H23NO3S/c1-2-14-8-6-9-16-17(12-23-21(14)16)18(24)13-26-22(25)20-11-15-7-4-3-5-10-19(15)27-20/h6,8-9,11-12,23H,2-5,7,10,13H2,1H3. The maximum absolute atomic E-state index is 12.6. The number of fused-ring (bicyclic) bond motifs is 2. The fourth-order valence-corrected chi connectivity index (χ4v) is 4.94. The molecule has 0 aliphatic heterocycles. The molecule has 0 spiro atoms. The van der Waals surface area contributed by atoms with E-state index in [1.54, 1.807) is 6.20 Å². The van der Waals surface area contributed by atoms with Crippen molar-refractivity contribution in [2.24, 2.45) is 0 Å². The summed E-state index contributed by atoms with van der Waals surface area (Å²) in [6.45, 7) is 1.85. The van der Waals surface area contributed by atoms with Crippen molar-refractivity contribution in [2.45, 2.75) is 45.4 Å². The molecule has 1 N–H and O–H groups in total. The molecule has 4 rings (SSSR count). The Morgan fingerprint density at radius 1 is 1.19 bits per heavy atom. The first-order chi connectivity index (χ1) is 13.2. The molecule has 2 heterocycles. The number of aromatic nitrogens is 1. The van der Waals surface area contributed by atoms with Crippen molar-refractivity contribution < 1.29 is 14.3 Å². The number of carbonyl (C=O) groups is 2. The lowest BCUT2D eigenvalue weighted by Gasteiger charge is -2.03. The van der Waals surface area contributed by atoms with Gasteiger partial charge in [0.25, 0.3) is 0 Å². The number of aromatic amines is 1. The number of esters is 1. The summed E-state index contributed by atoms with van der Waals surface area (Å²) < 4.78 is 5.34. The number of ketones is 1. The maximum Gasteiger partial charge on any atom is 0.348 e. The van der Waals surface area contributed by atoms with Crippen LogP contribution in [0.1, 0.15) is 62.2 Å². The Hall–Kier alpha value is -2.40. The monoisotopic (exact) mass is 381 g/mol. The number of nitrogens with one attached hydrogen (secondary N) is 1. The fraction of sp³-hybridized carbons (Fsp3) is 0.364. The first-order valence-electron chi connectivity index (χ1n) is 9.58. The van der Waals surface area contributed by atoms with E-state index in [-0.39, 0.29) is 12.4 Å². The van der Waals surface area contributed by atoms with E-state index >= 15 is 0 Å². The Kier molecular flexibility index (Phi) is 5.12. The third-order valence-corrected chi connectivity index (χ3v) is 6.48. The number of para-hydroxylation sites is 1. The zero-order chi connectivity index (χ0) is 18.8. The molecule has 0 fully saturated rings. The molecular formula is C22H23NO3S. The van der Waals surface area contributed by atoms with Crippen LogP contribution in [0.4, 0.5) is 0 Å². The first-order valence-corrected chi connectivity index (χ1v) is 10.4. The van der Waals surface area contributed by atoms with Gasteiger partial charge in [-0.05, 0) is 49.3 Å². The van der Waals surface area contributed by atoms with E-state index in [0.29, 0.717) is 10.4 Å². The number of carbonyl (C=O) groups excluding carboxylic acids is 2. The summed E-state index contributed by atoms with van der Waals surface area (Å²) in [5, 5.41) is 0.887. The van der Waals surface area contributed by atoms with E-state index in [9.17, 15) is 9.59 Å². The van der Waals surface area contributed by atoms with Crippen molar-refractivity contribution in [3.05, 3.63) is 56.9 Å². The molecule has 0 unspecified atom stereocenters.